The Balaban J connectivity index is 2.80. The molecule has 98 valence electrons. The number of aliphatic hydroxyl groups excluding tert-OH is 1. The highest BCUT2D eigenvalue weighted by atomic mass is 16.3. The number of hydrogen-bond donors (Lipinski definition) is 1. The second-order valence-electron chi connectivity index (χ2n) is 5.34. The Morgan fingerprint density at radius 3 is 2.44 bits per heavy atom. The van der Waals surface area contributed by atoms with Gasteiger partial charge in [0.2, 0.25) is 0 Å². The fraction of sp³-hybridized carbons (Fsp3) is 0.412. The lowest BCUT2D eigenvalue weighted by Gasteiger charge is -2.31. The average molecular weight is 244 g/mol. The third kappa shape index (κ3) is 3.85. The quantitative estimate of drug-likeness (QED) is 0.722. The Bertz CT molecular complexity index is 401. The summed E-state index contributed by atoms with van der Waals surface area (Å²) in [5, 5.41) is 10.5. The van der Waals surface area contributed by atoms with Crippen molar-refractivity contribution in [2.75, 3.05) is 0 Å². The molecule has 0 saturated carbocycles. The molecule has 0 unspecified atom stereocenters. The molecule has 1 aromatic rings. The minimum atomic E-state index is -0.498. The van der Waals surface area contributed by atoms with Crippen LogP contribution >= 0.6 is 0 Å². The van der Waals surface area contributed by atoms with Crippen LogP contribution in [0.1, 0.15) is 45.3 Å². The lowest BCUT2D eigenvalue weighted by molar-refractivity contribution is 0.0646. The Morgan fingerprint density at radius 1 is 1.33 bits per heavy atom. The topological polar surface area (TPSA) is 20.2 Å². The van der Waals surface area contributed by atoms with Crippen LogP contribution in [-0.4, -0.2) is 5.11 Å². The van der Waals surface area contributed by atoms with Gasteiger partial charge >= 0.3 is 0 Å². The molecule has 0 saturated heterocycles. The van der Waals surface area contributed by atoms with Crippen LogP contribution in [0.15, 0.2) is 54.6 Å². The number of benzene rings is 1. The van der Waals surface area contributed by atoms with E-state index in [0.29, 0.717) is 0 Å². The van der Waals surface area contributed by atoms with Crippen LogP contribution in [0.3, 0.4) is 0 Å². The maximum atomic E-state index is 10.5. The van der Waals surface area contributed by atoms with Gasteiger partial charge in [-0.25, -0.2) is 0 Å². The van der Waals surface area contributed by atoms with E-state index in [0.717, 1.165) is 18.4 Å². The van der Waals surface area contributed by atoms with Gasteiger partial charge in [-0.15, -0.1) is 6.58 Å². The summed E-state index contributed by atoms with van der Waals surface area (Å²) in [6.45, 7) is 10.2. The predicted octanol–water partition coefficient (Wildman–Crippen LogP) is 4.66. The van der Waals surface area contributed by atoms with Crippen LogP contribution in [0, 0.1) is 5.41 Å². The SMILES string of the molecule is C=C[C@@](C)(CCC=C(C)C)[C@@H](O)c1ccccc1. The van der Waals surface area contributed by atoms with Crippen molar-refractivity contribution in [1.82, 2.24) is 0 Å². The summed E-state index contributed by atoms with van der Waals surface area (Å²) < 4.78 is 0. The molecule has 0 aliphatic heterocycles. The van der Waals surface area contributed by atoms with E-state index in [2.05, 4.69) is 33.4 Å². The molecule has 0 amide bonds. The van der Waals surface area contributed by atoms with Crippen molar-refractivity contribution in [2.24, 2.45) is 5.41 Å². The molecule has 0 aliphatic carbocycles. The Labute approximate surface area is 111 Å². The standard InChI is InChI=1S/C17H24O/c1-5-17(4,13-9-10-14(2)3)16(18)15-11-7-6-8-12-15/h5-8,10-12,16,18H,1,9,13H2,2-4H3/t16-,17-/m0/s1. The minimum absolute atomic E-state index is 0.284. The first-order valence-electron chi connectivity index (χ1n) is 6.49. The largest absolute Gasteiger partial charge is 0.388 e. The molecular formula is C17H24O. The fourth-order valence-electron chi connectivity index (χ4n) is 2.04. The summed E-state index contributed by atoms with van der Waals surface area (Å²) in [6.07, 6.45) is 5.46. The molecule has 0 heterocycles. The zero-order valence-electron chi connectivity index (χ0n) is 11.7. The first-order chi connectivity index (χ1) is 8.49. The van der Waals surface area contributed by atoms with Crippen LogP contribution in [-0.2, 0) is 0 Å². The van der Waals surface area contributed by atoms with E-state index in [9.17, 15) is 5.11 Å². The van der Waals surface area contributed by atoms with Gasteiger partial charge < -0.3 is 5.11 Å². The molecule has 2 atom stereocenters. The highest BCUT2D eigenvalue weighted by molar-refractivity contribution is 5.21. The molecular weight excluding hydrogens is 220 g/mol. The first kappa shape index (κ1) is 14.7. The van der Waals surface area contributed by atoms with Crippen molar-refractivity contribution in [2.45, 2.75) is 39.7 Å². The highest BCUT2D eigenvalue weighted by Crippen LogP contribution is 2.39. The van der Waals surface area contributed by atoms with Crippen LogP contribution in [0.2, 0.25) is 0 Å². The summed E-state index contributed by atoms with van der Waals surface area (Å²) in [5.74, 6) is 0. The van der Waals surface area contributed by atoms with Crippen molar-refractivity contribution in [3.8, 4) is 0 Å². The van der Waals surface area contributed by atoms with Crippen molar-refractivity contribution in [3.63, 3.8) is 0 Å². The molecule has 0 bridgehead atoms. The highest BCUT2D eigenvalue weighted by Gasteiger charge is 2.30. The van der Waals surface area contributed by atoms with E-state index >= 15 is 0 Å². The van der Waals surface area contributed by atoms with E-state index < -0.39 is 6.10 Å². The smallest absolute Gasteiger partial charge is 0.0877 e. The third-order valence-corrected chi connectivity index (χ3v) is 3.44. The maximum absolute atomic E-state index is 10.5. The van der Waals surface area contributed by atoms with Gasteiger partial charge in [-0.05, 0) is 32.3 Å². The van der Waals surface area contributed by atoms with E-state index in [1.807, 2.05) is 36.4 Å². The predicted molar refractivity (Wildman–Crippen MR) is 78.4 cm³/mol. The summed E-state index contributed by atoms with van der Waals surface area (Å²) in [6, 6.07) is 9.81. The fourth-order valence-corrected chi connectivity index (χ4v) is 2.04. The van der Waals surface area contributed by atoms with E-state index in [4.69, 9.17) is 0 Å². The maximum Gasteiger partial charge on any atom is 0.0877 e. The minimum Gasteiger partial charge on any atom is -0.388 e. The number of aliphatic hydroxyl groups is 1. The van der Waals surface area contributed by atoms with Crippen LogP contribution in [0.5, 0.6) is 0 Å². The van der Waals surface area contributed by atoms with E-state index in [1.165, 1.54) is 5.57 Å². The molecule has 1 nitrogen and oxygen atoms in total. The van der Waals surface area contributed by atoms with Gasteiger partial charge in [0, 0.05) is 5.41 Å². The van der Waals surface area contributed by atoms with Gasteiger partial charge in [-0.2, -0.15) is 0 Å². The average Bonchev–Trinajstić information content (AvgIpc) is 2.38. The Kier molecular flexibility index (Phi) is 5.36. The molecule has 0 aliphatic rings. The van der Waals surface area contributed by atoms with Gasteiger partial charge in [0.15, 0.2) is 0 Å². The summed E-state index contributed by atoms with van der Waals surface area (Å²) in [5.41, 5.74) is 1.99. The lowest BCUT2D eigenvalue weighted by Crippen LogP contribution is -2.23. The second kappa shape index (κ2) is 6.55. The summed E-state index contributed by atoms with van der Waals surface area (Å²) in [4.78, 5) is 0. The zero-order chi connectivity index (χ0) is 13.6. The molecule has 1 N–H and O–H groups in total. The molecule has 0 aromatic heterocycles. The van der Waals surface area contributed by atoms with Gasteiger partial charge in [0.1, 0.15) is 0 Å². The van der Waals surface area contributed by atoms with Gasteiger partial charge in [-0.1, -0.05) is 55.0 Å². The number of rotatable bonds is 6. The monoisotopic (exact) mass is 244 g/mol. The molecule has 0 fully saturated rings. The van der Waals surface area contributed by atoms with Crippen LogP contribution < -0.4 is 0 Å². The molecule has 1 heteroatoms. The van der Waals surface area contributed by atoms with Gasteiger partial charge in [-0.3, -0.25) is 0 Å². The van der Waals surface area contributed by atoms with Crippen molar-refractivity contribution >= 4 is 0 Å². The molecule has 18 heavy (non-hydrogen) atoms. The number of hydrogen-bond acceptors (Lipinski definition) is 1. The summed E-state index contributed by atoms with van der Waals surface area (Å²) >= 11 is 0. The van der Waals surface area contributed by atoms with Gasteiger partial charge in [0.05, 0.1) is 6.10 Å². The Morgan fingerprint density at radius 2 is 1.94 bits per heavy atom. The normalized spacial score (nSPS) is 15.6. The first-order valence-corrected chi connectivity index (χ1v) is 6.49. The van der Waals surface area contributed by atoms with E-state index in [1.54, 1.807) is 0 Å². The van der Waals surface area contributed by atoms with Crippen LogP contribution in [0.25, 0.3) is 0 Å². The molecule has 1 rings (SSSR count). The lowest BCUT2D eigenvalue weighted by atomic mass is 9.77. The van der Waals surface area contributed by atoms with Crippen molar-refractivity contribution in [1.29, 1.82) is 0 Å². The van der Waals surface area contributed by atoms with Crippen LogP contribution in [0.4, 0.5) is 0 Å². The Hall–Kier alpha value is -1.34. The zero-order valence-corrected chi connectivity index (χ0v) is 11.7. The van der Waals surface area contributed by atoms with Crippen molar-refractivity contribution < 1.29 is 5.11 Å². The van der Waals surface area contributed by atoms with Crippen molar-refractivity contribution in [3.05, 3.63) is 60.2 Å². The third-order valence-electron chi connectivity index (χ3n) is 3.44. The van der Waals surface area contributed by atoms with E-state index in [-0.39, 0.29) is 5.41 Å². The second-order valence-corrected chi connectivity index (χ2v) is 5.34. The van der Waals surface area contributed by atoms with Gasteiger partial charge in [0.25, 0.3) is 0 Å². The molecule has 0 spiro atoms. The molecule has 1 aromatic carbocycles. The number of allylic oxidation sites excluding steroid dienone is 2. The molecule has 0 radical (unpaired) electrons. The summed E-state index contributed by atoms with van der Waals surface area (Å²) in [7, 11) is 0.